The van der Waals surface area contributed by atoms with Crippen LogP contribution < -0.4 is 10.9 Å². The van der Waals surface area contributed by atoms with Gasteiger partial charge in [-0.15, -0.1) is 10.2 Å². The van der Waals surface area contributed by atoms with E-state index in [4.69, 9.17) is 4.74 Å². The lowest BCUT2D eigenvalue weighted by molar-refractivity contribution is -0.116. The van der Waals surface area contributed by atoms with Gasteiger partial charge in [0.1, 0.15) is 18.2 Å². The SMILES string of the molecule is COCc1nnc(NC(=O)Cn2cc(Br)ccc2=O)s1. The van der Waals surface area contributed by atoms with Gasteiger partial charge in [0, 0.05) is 23.8 Å². The number of halogens is 1. The molecule has 0 spiro atoms. The molecule has 2 heterocycles. The summed E-state index contributed by atoms with van der Waals surface area (Å²) >= 11 is 4.48. The van der Waals surface area contributed by atoms with Crippen molar-refractivity contribution in [3.63, 3.8) is 0 Å². The van der Waals surface area contributed by atoms with E-state index in [-0.39, 0.29) is 18.0 Å². The van der Waals surface area contributed by atoms with Gasteiger partial charge in [-0.05, 0) is 22.0 Å². The lowest BCUT2D eigenvalue weighted by atomic mass is 10.4. The Kier molecular flexibility index (Phi) is 4.99. The average molecular weight is 359 g/mol. The van der Waals surface area contributed by atoms with Gasteiger partial charge in [0.05, 0.1) is 0 Å². The number of rotatable bonds is 5. The number of aromatic nitrogens is 3. The van der Waals surface area contributed by atoms with Crippen molar-refractivity contribution in [1.29, 1.82) is 0 Å². The van der Waals surface area contributed by atoms with E-state index < -0.39 is 0 Å². The highest BCUT2D eigenvalue weighted by Crippen LogP contribution is 2.15. The third-order valence-corrected chi connectivity index (χ3v) is 3.52. The number of pyridine rings is 1. The van der Waals surface area contributed by atoms with Crippen LogP contribution in [0.2, 0.25) is 0 Å². The van der Waals surface area contributed by atoms with E-state index in [1.807, 2.05) is 0 Å². The number of hydrogen-bond acceptors (Lipinski definition) is 6. The molecule has 0 aliphatic rings. The lowest BCUT2D eigenvalue weighted by Crippen LogP contribution is -2.26. The Labute approximate surface area is 126 Å². The van der Waals surface area contributed by atoms with Crippen LogP contribution in [0.15, 0.2) is 27.6 Å². The molecule has 0 aliphatic carbocycles. The van der Waals surface area contributed by atoms with Crippen LogP contribution >= 0.6 is 27.3 Å². The van der Waals surface area contributed by atoms with E-state index in [2.05, 4.69) is 31.4 Å². The summed E-state index contributed by atoms with van der Waals surface area (Å²) in [6.45, 7) is 0.260. The number of amides is 1. The maximum absolute atomic E-state index is 11.8. The second kappa shape index (κ2) is 6.73. The quantitative estimate of drug-likeness (QED) is 0.868. The molecular formula is C11H11BrN4O3S. The van der Waals surface area contributed by atoms with Crippen LogP contribution in [0.3, 0.4) is 0 Å². The number of methoxy groups -OCH3 is 1. The van der Waals surface area contributed by atoms with Gasteiger partial charge in [-0.2, -0.15) is 0 Å². The maximum Gasteiger partial charge on any atom is 0.251 e. The summed E-state index contributed by atoms with van der Waals surface area (Å²) in [5.41, 5.74) is -0.249. The van der Waals surface area contributed by atoms with Crippen LogP contribution in [0.4, 0.5) is 5.13 Å². The Morgan fingerprint density at radius 2 is 2.30 bits per heavy atom. The number of carbonyl (C=O) groups is 1. The Bertz CT molecular complexity index is 670. The minimum absolute atomic E-state index is 0.0858. The van der Waals surface area contributed by atoms with Crippen molar-refractivity contribution < 1.29 is 9.53 Å². The number of ether oxygens (including phenoxy) is 1. The molecule has 9 heteroatoms. The molecule has 0 radical (unpaired) electrons. The zero-order valence-corrected chi connectivity index (χ0v) is 12.9. The predicted octanol–water partition coefficient (Wildman–Crippen LogP) is 1.25. The van der Waals surface area contributed by atoms with E-state index in [0.29, 0.717) is 16.7 Å². The molecule has 2 rings (SSSR count). The summed E-state index contributed by atoms with van der Waals surface area (Å²) in [5.74, 6) is -0.342. The topological polar surface area (TPSA) is 86.1 Å². The molecule has 0 atom stereocenters. The van der Waals surface area contributed by atoms with Crippen molar-refractivity contribution in [2.45, 2.75) is 13.2 Å². The van der Waals surface area contributed by atoms with Crippen molar-refractivity contribution in [3.8, 4) is 0 Å². The second-order valence-corrected chi connectivity index (χ2v) is 5.77. The third-order valence-electron chi connectivity index (χ3n) is 2.24. The van der Waals surface area contributed by atoms with Gasteiger partial charge in [-0.1, -0.05) is 11.3 Å². The van der Waals surface area contributed by atoms with Gasteiger partial charge in [-0.25, -0.2) is 0 Å². The maximum atomic E-state index is 11.8. The fraction of sp³-hybridized carbons (Fsp3) is 0.273. The van der Waals surface area contributed by atoms with Crippen molar-refractivity contribution in [2.75, 3.05) is 12.4 Å². The number of nitrogens with one attached hydrogen (secondary N) is 1. The second-order valence-electron chi connectivity index (χ2n) is 3.80. The van der Waals surface area contributed by atoms with E-state index in [9.17, 15) is 9.59 Å². The Morgan fingerprint density at radius 1 is 1.50 bits per heavy atom. The van der Waals surface area contributed by atoms with E-state index >= 15 is 0 Å². The fourth-order valence-electron chi connectivity index (χ4n) is 1.43. The molecule has 2 aromatic heterocycles. The Morgan fingerprint density at radius 3 is 3.05 bits per heavy atom. The Balaban J connectivity index is 2.01. The number of carbonyl (C=O) groups excluding carboxylic acids is 1. The van der Waals surface area contributed by atoms with Crippen molar-refractivity contribution in [1.82, 2.24) is 14.8 Å². The summed E-state index contributed by atoms with van der Waals surface area (Å²) in [5, 5.41) is 11.3. The van der Waals surface area contributed by atoms with Crippen LogP contribution in [-0.2, 0) is 22.7 Å². The molecule has 0 fully saturated rings. The predicted molar refractivity (Wildman–Crippen MR) is 77.7 cm³/mol. The third kappa shape index (κ3) is 3.95. The molecule has 0 saturated carbocycles. The minimum atomic E-state index is -0.342. The first-order valence-corrected chi connectivity index (χ1v) is 7.16. The van der Waals surface area contributed by atoms with Crippen molar-refractivity contribution in [3.05, 3.63) is 38.2 Å². The van der Waals surface area contributed by atoms with Crippen LogP contribution in [0.1, 0.15) is 5.01 Å². The molecule has 7 nitrogen and oxygen atoms in total. The van der Waals surface area contributed by atoms with Gasteiger partial charge < -0.3 is 9.30 Å². The minimum Gasteiger partial charge on any atom is -0.377 e. The molecule has 1 N–H and O–H groups in total. The summed E-state index contributed by atoms with van der Waals surface area (Å²) < 4.78 is 6.94. The van der Waals surface area contributed by atoms with Crippen LogP contribution in [0, 0.1) is 0 Å². The molecule has 0 saturated heterocycles. The first-order chi connectivity index (χ1) is 9.58. The highest BCUT2D eigenvalue weighted by atomic mass is 79.9. The van der Waals surface area contributed by atoms with Gasteiger partial charge in [0.2, 0.25) is 11.0 Å². The van der Waals surface area contributed by atoms with Crippen molar-refractivity contribution >= 4 is 38.3 Å². The molecule has 106 valence electrons. The van der Waals surface area contributed by atoms with Crippen LogP contribution in [0.5, 0.6) is 0 Å². The molecular weight excluding hydrogens is 348 g/mol. The monoisotopic (exact) mass is 358 g/mol. The highest BCUT2D eigenvalue weighted by Gasteiger charge is 2.09. The summed E-state index contributed by atoms with van der Waals surface area (Å²) in [6, 6.07) is 3.01. The van der Waals surface area contributed by atoms with Crippen LogP contribution in [-0.4, -0.2) is 27.8 Å². The molecule has 0 unspecified atom stereocenters. The molecule has 1 amide bonds. The largest absolute Gasteiger partial charge is 0.377 e. The first kappa shape index (κ1) is 14.8. The molecule has 2 aromatic rings. The first-order valence-electron chi connectivity index (χ1n) is 5.55. The zero-order valence-electron chi connectivity index (χ0n) is 10.5. The number of nitrogens with zero attached hydrogens (tertiary/aromatic N) is 3. The fourth-order valence-corrected chi connectivity index (χ4v) is 2.53. The van der Waals surface area contributed by atoms with Gasteiger partial charge in [-0.3, -0.25) is 14.9 Å². The Hall–Kier alpha value is -1.58. The lowest BCUT2D eigenvalue weighted by Gasteiger charge is -2.05. The van der Waals surface area contributed by atoms with Gasteiger partial charge >= 0.3 is 0 Å². The molecule has 20 heavy (non-hydrogen) atoms. The van der Waals surface area contributed by atoms with Gasteiger partial charge in [0.15, 0.2) is 0 Å². The molecule has 0 aliphatic heterocycles. The van der Waals surface area contributed by atoms with E-state index in [1.165, 1.54) is 22.0 Å². The van der Waals surface area contributed by atoms with Gasteiger partial charge in [0.25, 0.3) is 5.56 Å². The average Bonchev–Trinajstić information content (AvgIpc) is 2.81. The van der Waals surface area contributed by atoms with Crippen LogP contribution in [0.25, 0.3) is 0 Å². The summed E-state index contributed by atoms with van der Waals surface area (Å²) in [7, 11) is 1.55. The van der Waals surface area contributed by atoms with E-state index in [0.717, 1.165) is 4.47 Å². The summed E-state index contributed by atoms with van der Waals surface area (Å²) in [4.78, 5) is 23.4. The number of hydrogen-bond donors (Lipinski definition) is 1. The zero-order chi connectivity index (χ0) is 14.5. The smallest absolute Gasteiger partial charge is 0.251 e. The normalized spacial score (nSPS) is 10.5. The van der Waals surface area contributed by atoms with Crippen molar-refractivity contribution in [2.24, 2.45) is 0 Å². The standard InChI is InChI=1S/C11H11BrN4O3S/c1-19-6-9-14-15-11(20-9)13-8(17)5-16-4-7(12)2-3-10(16)18/h2-4H,5-6H2,1H3,(H,13,15,17). The molecule has 0 aromatic carbocycles. The highest BCUT2D eigenvalue weighted by molar-refractivity contribution is 9.10. The number of anilines is 1. The summed E-state index contributed by atoms with van der Waals surface area (Å²) in [6.07, 6.45) is 1.55. The molecule has 0 bridgehead atoms. The van der Waals surface area contributed by atoms with E-state index in [1.54, 1.807) is 19.4 Å².